The van der Waals surface area contributed by atoms with E-state index in [9.17, 15) is 0 Å². The third-order valence-corrected chi connectivity index (χ3v) is 3.36. The molecule has 0 spiro atoms. The monoisotopic (exact) mass is 254 g/mol. The zero-order valence-electron chi connectivity index (χ0n) is 11.1. The summed E-state index contributed by atoms with van der Waals surface area (Å²) in [6.45, 7) is 5.68. The van der Waals surface area contributed by atoms with Gasteiger partial charge in [-0.3, -0.25) is 0 Å². The second-order valence-electron chi connectivity index (χ2n) is 4.61. The predicted molar refractivity (Wildman–Crippen MR) is 84.9 cm³/mol. The topological polar surface area (TPSA) is 0 Å². The molecule has 0 amide bonds. The van der Waals surface area contributed by atoms with Crippen molar-refractivity contribution in [2.24, 2.45) is 0 Å². The first-order chi connectivity index (χ1) is 9.88. The lowest BCUT2D eigenvalue weighted by Gasteiger charge is -2.07. The number of hydrogen-bond donors (Lipinski definition) is 0. The van der Waals surface area contributed by atoms with Crippen LogP contribution in [-0.4, -0.2) is 0 Å². The smallest absolute Gasteiger partial charge is 0.00992 e. The highest BCUT2D eigenvalue weighted by Gasteiger charge is 2.02. The van der Waals surface area contributed by atoms with Gasteiger partial charge in [-0.1, -0.05) is 85.5 Å². The quantitative estimate of drug-likeness (QED) is 0.597. The third kappa shape index (κ3) is 2.41. The molecule has 0 saturated heterocycles. The molecule has 3 aromatic carbocycles. The summed E-state index contributed by atoms with van der Waals surface area (Å²) in [5, 5.41) is 0. The molecule has 20 heavy (non-hydrogen) atoms. The summed E-state index contributed by atoms with van der Waals surface area (Å²) < 4.78 is 0. The highest BCUT2D eigenvalue weighted by atomic mass is 14.1. The maximum Gasteiger partial charge on any atom is -0.00992 e. The number of hydrogen-bond acceptors (Lipinski definition) is 0. The van der Waals surface area contributed by atoms with Crippen LogP contribution in [0.5, 0.6) is 0 Å². The van der Waals surface area contributed by atoms with Gasteiger partial charge in [0, 0.05) is 0 Å². The molecule has 0 aliphatic carbocycles. The van der Waals surface area contributed by atoms with Crippen molar-refractivity contribution in [1.82, 2.24) is 0 Å². The summed E-state index contributed by atoms with van der Waals surface area (Å²) >= 11 is 0. The Morgan fingerprint density at radius 2 is 1.45 bits per heavy atom. The zero-order chi connectivity index (χ0) is 13.8. The fraction of sp³-hybridized carbons (Fsp3) is 0. The lowest BCUT2D eigenvalue weighted by atomic mass is 9.97. The van der Waals surface area contributed by atoms with Gasteiger partial charge < -0.3 is 0 Å². The molecule has 0 heteroatoms. The van der Waals surface area contributed by atoms with E-state index in [-0.39, 0.29) is 0 Å². The lowest BCUT2D eigenvalue weighted by Crippen LogP contribution is -1.83. The Morgan fingerprint density at radius 3 is 2.15 bits per heavy atom. The van der Waals surface area contributed by atoms with Gasteiger partial charge in [0.05, 0.1) is 0 Å². The Hall–Kier alpha value is -2.60. The first-order valence-electron chi connectivity index (χ1n) is 6.60. The SMILES string of the molecule is [CH]=Cc1ccccc1-c1ccc(-c2[c]cccc2)cc1. The zero-order valence-corrected chi connectivity index (χ0v) is 11.1. The average Bonchev–Trinajstić information content (AvgIpc) is 2.56. The van der Waals surface area contributed by atoms with Crippen LogP contribution in [0.4, 0.5) is 0 Å². The molecule has 0 aliphatic rings. The highest BCUT2D eigenvalue weighted by Crippen LogP contribution is 2.27. The molecule has 2 radical (unpaired) electrons. The summed E-state index contributed by atoms with van der Waals surface area (Å²) in [5.41, 5.74) is 5.65. The predicted octanol–water partition coefficient (Wildman–Crippen LogP) is 5.27. The van der Waals surface area contributed by atoms with E-state index in [1.54, 1.807) is 6.08 Å². The maximum absolute atomic E-state index is 5.68. The van der Waals surface area contributed by atoms with Crippen molar-refractivity contribution >= 4 is 6.08 Å². The minimum Gasteiger partial charge on any atom is -0.0616 e. The van der Waals surface area contributed by atoms with Gasteiger partial charge in [-0.05, 0) is 33.9 Å². The van der Waals surface area contributed by atoms with Gasteiger partial charge in [0.15, 0.2) is 0 Å². The molecule has 0 N–H and O–H groups in total. The average molecular weight is 254 g/mol. The van der Waals surface area contributed by atoms with Crippen LogP contribution >= 0.6 is 0 Å². The van der Waals surface area contributed by atoms with Gasteiger partial charge in [-0.25, -0.2) is 0 Å². The van der Waals surface area contributed by atoms with Gasteiger partial charge in [-0.15, -0.1) is 0 Å². The van der Waals surface area contributed by atoms with E-state index >= 15 is 0 Å². The molecular formula is C20H14. The van der Waals surface area contributed by atoms with E-state index < -0.39 is 0 Å². The molecule has 0 saturated carbocycles. The first-order valence-corrected chi connectivity index (χ1v) is 6.60. The van der Waals surface area contributed by atoms with E-state index in [1.807, 2.05) is 36.4 Å². The van der Waals surface area contributed by atoms with E-state index in [2.05, 4.69) is 42.5 Å². The Kier molecular flexibility index (Phi) is 3.47. The van der Waals surface area contributed by atoms with Gasteiger partial charge in [-0.2, -0.15) is 0 Å². The van der Waals surface area contributed by atoms with E-state index in [0.29, 0.717) is 0 Å². The van der Waals surface area contributed by atoms with Crippen LogP contribution in [0.1, 0.15) is 5.56 Å². The third-order valence-electron chi connectivity index (χ3n) is 3.36. The van der Waals surface area contributed by atoms with Crippen LogP contribution in [0.2, 0.25) is 0 Å². The molecule has 3 rings (SSSR count). The second-order valence-corrected chi connectivity index (χ2v) is 4.61. The van der Waals surface area contributed by atoms with Gasteiger partial charge in [0.1, 0.15) is 0 Å². The summed E-state index contributed by atoms with van der Waals surface area (Å²) in [7, 11) is 0. The van der Waals surface area contributed by atoms with E-state index in [0.717, 1.165) is 16.7 Å². The minimum atomic E-state index is 1.05. The molecule has 94 valence electrons. The van der Waals surface area contributed by atoms with Crippen molar-refractivity contribution in [3.8, 4) is 22.3 Å². The molecule has 3 aromatic rings. The largest absolute Gasteiger partial charge is 0.0616 e. The molecule has 0 nitrogen and oxygen atoms in total. The van der Waals surface area contributed by atoms with Crippen LogP contribution < -0.4 is 0 Å². The van der Waals surface area contributed by atoms with Gasteiger partial charge in [0.25, 0.3) is 0 Å². The highest BCUT2D eigenvalue weighted by molar-refractivity contribution is 5.76. The van der Waals surface area contributed by atoms with Crippen LogP contribution in [0.15, 0.2) is 72.8 Å². The van der Waals surface area contributed by atoms with Crippen molar-refractivity contribution in [3.05, 3.63) is 91.0 Å². The fourth-order valence-corrected chi connectivity index (χ4v) is 2.31. The van der Waals surface area contributed by atoms with Crippen LogP contribution in [0, 0.1) is 12.6 Å². The van der Waals surface area contributed by atoms with Crippen LogP contribution in [-0.2, 0) is 0 Å². The molecule has 0 unspecified atom stereocenters. The first kappa shape index (κ1) is 12.4. The molecule has 0 fully saturated rings. The van der Waals surface area contributed by atoms with Crippen molar-refractivity contribution in [1.29, 1.82) is 0 Å². The summed E-state index contributed by atoms with van der Waals surface area (Å²) in [6.07, 6.45) is 1.65. The van der Waals surface area contributed by atoms with Crippen molar-refractivity contribution in [3.63, 3.8) is 0 Å². The summed E-state index contributed by atoms with van der Waals surface area (Å²) in [6, 6.07) is 27.9. The fourth-order valence-electron chi connectivity index (χ4n) is 2.31. The van der Waals surface area contributed by atoms with Crippen molar-refractivity contribution in [2.75, 3.05) is 0 Å². The normalized spacial score (nSPS) is 10.2. The Morgan fingerprint density at radius 1 is 0.750 bits per heavy atom. The van der Waals surface area contributed by atoms with Gasteiger partial charge >= 0.3 is 0 Å². The molecule has 0 heterocycles. The van der Waals surface area contributed by atoms with Gasteiger partial charge in [0.2, 0.25) is 0 Å². The maximum atomic E-state index is 5.68. The van der Waals surface area contributed by atoms with Crippen molar-refractivity contribution < 1.29 is 0 Å². The molecule has 0 bridgehead atoms. The Balaban J connectivity index is 2.00. The summed E-state index contributed by atoms with van der Waals surface area (Å²) in [5.74, 6) is 0. The van der Waals surface area contributed by atoms with E-state index in [4.69, 9.17) is 6.58 Å². The van der Waals surface area contributed by atoms with Crippen LogP contribution in [0.3, 0.4) is 0 Å². The van der Waals surface area contributed by atoms with E-state index in [1.165, 1.54) is 11.1 Å². The second kappa shape index (κ2) is 5.58. The molecule has 0 aliphatic heterocycles. The molecular weight excluding hydrogens is 240 g/mol. The minimum absolute atomic E-state index is 1.05. The molecule has 0 aromatic heterocycles. The number of benzene rings is 3. The Labute approximate surface area is 120 Å². The lowest BCUT2D eigenvalue weighted by molar-refractivity contribution is 1.57. The van der Waals surface area contributed by atoms with Crippen LogP contribution in [0.25, 0.3) is 28.3 Å². The number of rotatable bonds is 3. The summed E-state index contributed by atoms with van der Waals surface area (Å²) in [4.78, 5) is 0. The standard InChI is InChI=1S/C20H14/c1-2-16-8-6-7-11-20(16)19-14-12-18(13-15-19)17-9-4-3-5-10-17/h1-9,11-15H. The Bertz CT molecular complexity index is 707. The molecule has 0 atom stereocenters. The van der Waals surface area contributed by atoms with Crippen molar-refractivity contribution in [2.45, 2.75) is 0 Å².